The molecule has 31 heavy (non-hydrogen) atoms. The van der Waals surface area contributed by atoms with E-state index in [2.05, 4.69) is 10.6 Å². The molecule has 0 aliphatic carbocycles. The van der Waals surface area contributed by atoms with E-state index in [-0.39, 0.29) is 30.2 Å². The summed E-state index contributed by atoms with van der Waals surface area (Å²) in [6.45, 7) is 4.44. The van der Waals surface area contributed by atoms with Crippen LogP contribution in [0.4, 0.5) is 14.9 Å². The van der Waals surface area contributed by atoms with Crippen LogP contribution in [0, 0.1) is 5.82 Å². The van der Waals surface area contributed by atoms with Crippen molar-refractivity contribution in [3.05, 3.63) is 30.1 Å². The molecular weight excluding hydrogens is 401 g/mol. The molecule has 1 aromatic rings. The molecule has 2 N–H and O–H groups in total. The largest absolute Gasteiger partial charge is 0.343 e. The fraction of sp³-hybridized carbons (Fsp3) is 0.591. The monoisotopic (exact) mass is 433 g/mol. The fourth-order valence-electron chi connectivity index (χ4n) is 3.91. The predicted molar refractivity (Wildman–Crippen MR) is 116 cm³/mol. The summed E-state index contributed by atoms with van der Waals surface area (Å²) in [6, 6.07) is 5.47. The van der Waals surface area contributed by atoms with Crippen LogP contribution in [0.1, 0.15) is 32.1 Å². The Morgan fingerprint density at radius 2 is 1.48 bits per heavy atom. The smallest absolute Gasteiger partial charge is 0.317 e. The molecule has 170 valence electrons. The summed E-state index contributed by atoms with van der Waals surface area (Å²) < 4.78 is 12.9. The number of anilines is 1. The van der Waals surface area contributed by atoms with E-state index in [1.54, 1.807) is 4.90 Å². The maximum absolute atomic E-state index is 12.9. The maximum atomic E-state index is 12.9. The van der Waals surface area contributed by atoms with Gasteiger partial charge in [0.15, 0.2) is 0 Å². The van der Waals surface area contributed by atoms with E-state index in [4.69, 9.17) is 0 Å². The lowest BCUT2D eigenvalue weighted by atomic mass is 10.2. The molecule has 3 rings (SSSR count). The highest BCUT2D eigenvalue weighted by Gasteiger charge is 2.23. The van der Waals surface area contributed by atoms with Gasteiger partial charge in [0.05, 0.1) is 6.54 Å². The zero-order valence-corrected chi connectivity index (χ0v) is 17.9. The third-order valence-corrected chi connectivity index (χ3v) is 5.73. The molecule has 0 atom stereocenters. The van der Waals surface area contributed by atoms with Gasteiger partial charge in [0.1, 0.15) is 5.82 Å². The summed E-state index contributed by atoms with van der Waals surface area (Å²) >= 11 is 0. The molecule has 0 aromatic heterocycles. The number of nitrogens with one attached hydrogen (secondary N) is 2. The van der Waals surface area contributed by atoms with Gasteiger partial charge in [-0.1, -0.05) is 12.8 Å². The van der Waals surface area contributed by atoms with Crippen LogP contribution < -0.4 is 10.6 Å². The number of hydrogen-bond acceptors (Lipinski definition) is 4. The lowest BCUT2D eigenvalue weighted by Crippen LogP contribution is -2.53. The van der Waals surface area contributed by atoms with Gasteiger partial charge in [-0.05, 0) is 37.1 Å². The molecule has 0 unspecified atom stereocenters. The predicted octanol–water partition coefficient (Wildman–Crippen LogP) is 1.88. The summed E-state index contributed by atoms with van der Waals surface area (Å²) in [5.74, 6) is -0.408. The van der Waals surface area contributed by atoms with Crippen LogP contribution >= 0.6 is 0 Å². The topological polar surface area (TPSA) is 85.0 Å². The molecule has 0 radical (unpaired) electrons. The van der Waals surface area contributed by atoms with E-state index in [0.717, 1.165) is 25.9 Å². The Balaban J connectivity index is 1.31. The minimum atomic E-state index is -0.348. The van der Waals surface area contributed by atoms with E-state index in [1.165, 1.54) is 37.1 Å². The summed E-state index contributed by atoms with van der Waals surface area (Å²) in [5.41, 5.74) is 0.555. The van der Waals surface area contributed by atoms with Crippen molar-refractivity contribution in [2.45, 2.75) is 32.1 Å². The Bertz CT molecular complexity index is 742. The number of rotatable bonds is 6. The number of hydrogen-bond donors (Lipinski definition) is 2. The fourth-order valence-corrected chi connectivity index (χ4v) is 3.91. The first-order chi connectivity index (χ1) is 15.0. The number of carbonyl (C=O) groups is 3. The Hall–Kier alpha value is -2.68. The number of likely N-dealkylation sites (tertiary alicyclic amines) is 1. The zero-order chi connectivity index (χ0) is 22.1. The third kappa shape index (κ3) is 7.50. The van der Waals surface area contributed by atoms with Crippen LogP contribution in [0.25, 0.3) is 0 Å². The van der Waals surface area contributed by atoms with Crippen molar-refractivity contribution in [3.8, 4) is 0 Å². The van der Waals surface area contributed by atoms with Gasteiger partial charge in [-0.2, -0.15) is 0 Å². The van der Waals surface area contributed by atoms with Gasteiger partial charge in [0, 0.05) is 57.9 Å². The highest BCUT2D eigenvalue weighted by Crippen LogP contribution is 2.11. The van der Waals surface area contributed by atoms with Crippen LogP contribution in [0.2, 0.25) is 0 Å². The van der Waals surface area contributed by atoms with Crippen molar-refractivity contribution in [1.29, 1.82) is 0 Å². The summed E-state index contributed by atoms with van der Waals surface area (Å²) in [6.07, 6.45) is 4.81. The van der Waals surface area contributed by atoms with Crippen LogP contribution in [0.15, 0.2) is 24.3 Å². The van der Waals surface area contributed by atoms with Crippen LogP contribution in [0.5, 0.6) is 0 Å². The second-order valence-electron chi connectivity index (χ2n) is 8.10. The summed E-state index contributed by atoms with van der Waals surface area (Å²) in [4.78, 5) is 42.4. The number of benzene rings is 1. The average molecular weight is 434 g/mol. The first kappa shape index (κ1) is 23.0. The highest BCUT2D eigenvalue weighted by atomic mass is 19.1. The van der Waals surface area contributed by atoms with Crippen molar-refractivity contribution in [2.24, 2.45) is 0 Å². The van der Waals surface area contributed by atoms with E-state index in [1.807, 2.05) is 9.80 Å². The quantitative estimate of drug-likeness (QED) is 0.718. The minimum Gasteiger partial charge on any atom is -0.343 e. The van der Waals surface area contributed by atoms with Gasteiger partial charge >= 0.3 is 6.03 Å². The number of halogens is 1. The van der Waals surface area contributed by atoms with Crippen molar-refractivity contribution in [1.82, 2.24) is 20.0 Å². The van der Waals surface area contributed by atoms with E-state index < -0.39 is 0 Å². The molecule has 4 amide bonds. The van der Waals surface area contributed by atoms with Crippen LogP contribution in [0.3, 0.4) is 0 Å². The molecule has 2 aliphatic rings. The van der Waals surface area contributed by atoms with E-state index in [9.17, 15) is 18.8 Å². The molecule has 8 nitrogen and oxygen atoms in total. The second kappa shape index (κ2) is 11.6. The van der Waals surface area contributed by atoms with Gasteiger partial charge in [0.25, 0.3) is 0 Å². The number of urea groups is 1. The Kier molecular flexibility index (Phi) is 8.63. The van der Waals surface area contributed by atoms with Gasteiger partial charge in [0.2, 0.25) is 11.8 Å². The number of amides is 4. The zero-order valence-electron chi connectivity index (χ0n) is 17.9. The Morgan fingerprint density at radius 1 is 0.839 bits per heavy atom. The molecule has 2 fully saturated rings. The van der Waals surface area contributed by atoms with Crippen molar-refractivity contribution in [2.75, 3.05) is 57.7 Å². The second-order valence-corrected chi connectivity index (χ2v) is 8.10. The molecule has 0 spiro atoms. The third-order valence-electron chi connectivity index (χ3n) is 5.73. The SMILES string of the molecule is O=C(CN1CCN(C(=O)NCCC(=O)N2CCCCCC2)CC1)Nc1ccc(F)cc1. The lowest BCUT2D eigenvalue weighted by Gasteiger charge is -2.34. The van der Waals surface area contributed by atoms with Gasteiger partial charge in [-0.3, -0.25) is 14.5 Å². The van der Waals surface area contributed by atoms with Crippen LogP contribution in [-0.2, 0) is 9.59 Å². The first-order valence-corrected chi connectivity index (χ1v) is 11.1. The van der Waals surface area contributed by atoms with Crippen molar-refractivity contribution >= 4 is 23.5 Å². The number of carbonyl (C=O) groups excluding carboxylic acids is 3. The molecule has 9 heteroatoms. The first-order valence-electron chi connectivity index (χ1n) is 11.1. The molecule has 2 saturated heterocycles. The molecular formula is C22H32FN5O3. The minimum absolute atomic E-state index is 0.110. The lowest BCUT2D eigenvalue weighted by molar-refractivity contribution is -0.131. The van der Waals surface area contributed by atoms with Gasteiger partial charge in [-0.15, -0.1) is 0 Å². The van der Waals surface area contributed by atoms with E-state index in [0.29, 0.717) is 44.8 Å². The number of nitrogens with zero attached hydrogens (tertiary/aromatic N) is 3. The molecule has 1 aromatic carbocycles. The molecule has 2 heterocycles. The molecule has 0 bridgehead atoms. The maximum Gasteiger partial charge on any atom is 0.317 e. The van der Waals surface area contributed by atoms with E-state index >= 15 is 0 Å². The van der Waals surface area contributed by atoms with Crippen LogP contribution in [-0.4, -0.2) is 84.9 Å². The number of piperazine rings is 1. The standard InChI is InChI=1S/C22H32FN5O3/c23-18-5-7-19(8-6-18)25-20(29)17-26-13-15-28(16-14-26)22(31)24-10-9-21(30)27-11-3-1-2-4-12-27/h5-8H,1-4,9-17H2,(H,24,31)(H,25,29). The Morgan fingerprint density at radius 3 is 2.13 bits per heavy atom. The Labute approximate surface area is 182 Å². The highest BCUT2D eigenvalue weighted by molar-refractivity contribution is 5.92. The van der Waals surface area contributed by atoms with Crippen molar-refractivity contribution in [3.63, 3.8) is 0 Å². The normalized spacial score (nSPS) is 17.7. The van der Waals surface area contributed by atoms with Gasteiger partial charge in [-0.25, -0.2) is 9.18 Å². The average Bonchev–Trinajstić information content (AvgIpc) is 3.05. The van der Waals surface area contributed by atoms with Gasteiger partial charge < -0.3 is 20.4 Å². The van der Waals surface area contributed by atoms with Crippen molar-refractivity contribution < 1.29 is 18.8 Å². The summed E-state index contributed by atoms with van der Waals surface area (Å²) in [7, 11) is 0. The molecule has 0 saturated carbocycles. The summed E-state index contributed by atoms with van der Waals surface area (Å²) in [5, 5.41) is 5.59. The molecule has 2 aliphatic heterocycles.